The SMILES string of the molecule is CCC/C(N)=N/N.CCCCC(C)C(=O)N1CCN(c2ncc(Cl)c(NC(C)c3ccc(Cl)cc3Cl)n2)CC1. The Kier molecular flexibility index (Phi) is 13.9. The molecule has 1 aliphatic heterocycles. The Balaban J connectivity index is 0.000000673. The third-order valence-corrected chi connectivity index (χ3v) is 7.31. The van der Waals surface area contributed by atoms with Crippen LogP contribution in [0.15, 0.2) is 29.5 Å². The topological polar surface area (TPSA) is 126 Å². The van der Waals surface area contributed by atoms with Crippen LogP contribution in [-0.2, 0) is 4.79 Å². The number of hydrogen-bond donors (Lipinski definition) is 3. The monoisotopic (exact) mass is 598 g/mol. The molecule has 2 atom stereocenters. The number of carbonyl (C=O) groups excluding carboxylic acids is 1. The molecule has 1 saturated heterocycles. The first-order valence-electron chi connectivity index (χ1n) is 13.4. The number of amides is 1. The van der Waals surface area contributed by atoms with Gasteiger partial charge in [0.2, 0.25) is 11.9 Å². The summed E-state index contributed by atoms with van der Waals surface area (Å²) >= 11 is 18.7. The molecule has 39 heavy (non-hydrogen) atoms. The first kappa shape index (κ1) is 32.7. The lowest BCUT2D eigenvalue weighted by atomic mass is 10.0. The number of halogens is 3. The van der Waals surface area contributed by atoms with Gasteiger partial charge in [0, 0.05) is 48.6 Å². The molecule has 0 saturated carbocycles. The Morgan fingerprint density at radius 1 is 1.10 bits per heavy atom. The lowest BCUT2D eigenvalue weighted by Gasteiger charge is -2.36. The van der Waals surface area contributed by atoms with E-state index < -0.39 is 0 Å². The Hall–Kier alpha value is -2.49. The number of rotatable bonds is 10. The van der Waals surface area contributed by atoms with Gasteiger partial charge in [0.25, 0.3) is 0 Å². The molecule has 1 aliphatic rings. The minimum Gasteiger partial charge on any atom is -0.386 e. The summed E-state index contributed by atoms with van der Waals surface area (Å²) in [4.78, 5) is 25.8. The van der Waals surface area contributed by atoms with Crippen LogP contribution < -0.4 is 21.8 Å². The van der Waals surface area contributed by atoms with E-state index >= 15 is 0 Å². The summed E-state index contributed by atoms with van der Waals surface area (Å²) in [6, 6.07) is 5.28. The summed E-state index contributed by atoms with van der Waals surface area (Å²) in [5, 5.41) is 8.20. The zero-order valence-corrected chi connectivity index (χ0v) is 25.5. The van der Waals surface area contributed by atoms with Crippen molar-refractivity contribution in [2.45, 2.75) is 65.8 Å². The number of nitrogens with zero attached hydrogens (tertiary/aromatic N) is 5. The lowest BCUT2D eigenvalue weighted by molar-refractivity contribution is -0.135. The van der Waals surface area contributed by atoms with Gasteiger partial charge in [-0.1, -0.05) is 74.5 Å². The van der Waals surface area contributed by atoms with E-state index in [9.17, 15) is 4.79 Å². The number of nitrogens with one attached hydrogen (secondary N) is 1. The highest BCUT2D eigenvalue weighted by Gasteiger charge is 2.26. The summed E-state index contributed by atoms with van der Waals surface area (Å²) in [5.41, 5.74) is 6.11. The number of hydrazone groups is 1. The Morgan fingerprint density at radius 2 is 1.79 bits per heavy atom. The number of amidine groups is 1. The van der Waals surface area contributed by atoms with Gasteiger partial charge in [-0.3, -0.25) is 4.79 Å². The van der Waals surface area contributed by atoms with E-state index in [2.05, 4.69) is 32.2 Å². The molecular formula is C27H41Cl3N8O. The first-order chi connectivity index (χ1) is 18.6. The maximum atomic E-state index is 12.7. The summed E-state index contributed by atoms with van der Waals surface area (Å²) < 4.78 is 0. The molecule has 5 N–H and O–H groups in total. The van der Waals surface area contributed by atoms with Crippen LogP contribution in [0.25, 0.3) is 0 Å². The maximum absolute atomic E-state index is 12.7. The normalized spacial score (nSPS) is 15.3. The van der Waals surface area contributed by atoms with Crippen molar-refractivity contribution in [2.24, 2.45) is 22.6 Å². The van der Waals surface area contributed by atoms with E-state index in [-0.39, 0.29) is 17.9 Å². The quantitative estimate of drug-likeness (QED) is 0.130. The fourth-order valence-corrected chi connectivity index (χ4v) is 4.86. The van der Waals surface area contributed by atoms with Gasteiger partial charge in [-0.05, 0) is 37.5 Å². The Bertz CT molecular complexity index is 1090. The second kappa shape index (κ2) is 16.6. The Labute approximate surface area is 247 Å². The largest absolute Gasteiger partial charge is 0.386 e. The van der Waals surface area contributed by atoms with Crippen LogP contribution in [0.1, 0.15) is 71.4 Å². The van der Waals surface area contributed by atoms with E-state index in [1.54, 1.807) is 18.3 Å². The maximum Gasteiger partial charge on any atom is 0.227 e. The van der Waals surface area contributed by atoms with Crippen molar-refractivity contribution < 1.29 is 4.79 Å². The number of anilines is 2. The fraction of sp³-hybridized carbons (Fsp3) is 0.556. The average Bonchev–Trinajstić information content (AvgIpc) is 2.93. The van der Waals surface area contributed by atoms with Crippen molar-refractivity contribution in [1.29, 1.82) is 0 Å². The minimum atomic E-state index is -0.126. The van der Waals surface area contributed by atoms with E-state index in [1.165, 1.54) is 0 Å². The van der Waals surface area contributed by atoms with Crippen LogP contribution in [0, 0.1) is 5.92 Å². The van der Waals surface area contributed by atoms with Crippen molar-refractivity contribution in [3.05, 3.63) is 45.0 Å². The van der Waals surface area contributed by atoms with Crippen molar-refractivity contribution in [1.82, 2.24) is 14.9 Å². The van der Waals surface area contributed by atoms with Gasteiger partial charge < -0.3 is 26.7 Å². The zero-order chi connectivity index (χ0) is 28.9. The molecule has 9 nitrogen and oxygen atoms in total. The van der Waals surface area contributed by atoms with E-state index in [0.717, 1.165) is 37.7 Å². The summed E-state index contributed by atoms with van der Waals surface area (Å²) in [6.45, 7) is 10.9. The van der Waals surface area contributed by atoms with Crippen LogP contribution in [0.2, 0.25) is 15.1 Å². The fourth-order valence-electron chi connectivity index (χ4n) is 4.14. The molecule has 1 aromatic carbocycles. The van der Waals surface area contributed by atoms with Crippen molar-refractivity contribution >= 4 is 58.3 Å². The summed E-state index contributed by atoms with van der Waals surface area (Å²) in [6.07, 6.45) is 6.55. The molecule has 12 heteroatoms. The Morgan fingerprint density at radius 3 is 2.36 bits per heavy atom. The minimum absolute atomic E-state index is 0.0743. The highest BCUT2D eigenvalue weighted by molar-refractivity contribution is 6.35. The highest BCUT2D eigenvalue weighted by atomic mass is 35.5. The zero-order valence-electron chi connectivity index (χ0n) is 23.3. The van der Waals surface area contributed by atoms with Gasteiger partial charge in [-0.2, -0.15) is 10.1 Å². The van der Waals surface area contributed by atoms with Gasteiger partial charge in [0.05, 0.1) is 12.2 Å². The third-order valence-electron chi connectivity index (χ3n) is 6.47. The highest BCUT2D eigenvalue weighted by Crippen LogP contribution is 2.30. The molecule has 1 fully saturated rings. The summed E-state index contributed by atoms with van der Waals surface area (Å²) in [5.74, 6) is 6.81. The van der Waals surface area contributed by atoms with Crippen LogP contribution >= 0.6 is 34.8 Å². The standard InChI is InChI=1S/C23H30Cl3N5O.C4H11N3/c1-4-5-6-15(2)22(32)30-9-11-31(12-10-30)23-27-14-20(26)21(29-23)28-16(3)18-8-7-17(24)13-19(18)25;1-2-3-4(5)7-6/h7-8,13-16H,4-6,9-12H2,1-3H3,(H,27,28,29);2-3,6H2,1H3,(H2,5,7). The number of hydrogen-bond acceptors (Lipinski definition) is 7. The van der Waals surface area contributed by atoms with Gasteiger partial charge in [0.1, 0.15) is 10.9 Å². The van der Waals surface area contributed by atoms with Gasteiger partial charge >= 0.3 is 0 Å². The predicted octanol–water partition coefficient (Wildman–Crippen LogP) is 6.10. The number of carbonyl (C=O) groups is 1. The van der Waals surface area contributed by atoms with Crippen molar-refractivity contribution in [2.75, 3.05) is 36.4 Å². The molecule has 1 aromatic heterocycles. The molecule has 0 radical (unpaired) electrons. The molecule has 1 amide bonds. The van der Waals surface area contributed by atoms with E-state index in [4.69, 9.17) is 46.4 Å². The predicted molar refractivity (Wildman–Crippen MR) is 164 cm³/mol. The van der Waals surface area contributed by atoms with Gasteiger partial charge in [0.15, 0.2) is 5.82 Å². The smallest absolute Gasteiger partial charge is 0.227 e. The van der Waals surface area contributed by atoms with E-state index in [0.29, 0.717) is 58.8 Å². The second-order valence-corrected chi connectivity index (χ2v) is 10.9. The van der Waals surface area contributed by atoms with Crippen molar-refractivity contribution in [3.8, 4) is 0 Å². The lowest BCUT2D eigenvalue weighted by Crippen LogP contribution is -2.50. The number of piperazine rings is 1. The van der Waals surface area contributed by atoms with Gasteiger partial charge in [-0.15, -0.1) is 0 Å². The van der Waals surface area contributed by atoms with Gasteiger partial charge in [-0.25, -0.2) is 4.98 Å². The second-order valence-electron chi connectivity index (χ2n) is 9.62. The van der Waals surface area contributed by atoms with Crippen LogP contribution in [0.4, 0.5) is 11.8 Å². The van der Waals surface area contributed by atoms with Crippen molar-refractivity contribution in [3.63, 3.8) is 0 Å². The number of benzene rings is 1. The molecular weight excluding hydrogens is 559 g/mol. The first-order valence-corrected chi connectivity index (χ1v) is 14.5. The molecule has 0 aliphatic carbocycles. The molecule has 2 aromatic rings. The third kappa shape index (κ3) is 10.2. The summed E-state index contributed by atoms with van der Waals surface area (Å²) in [7, 11) is 0. The average molecular weight is 600 g/mol. The number of aromatic nitrogens is 2. The molecule has 2 unspecified atom stereocenters. The molecule has 3 rings (SSSR count). The molecule has 2 heterocycles. The molecule has 216 valence electrons. The molecule has 0 spiro atoms. The van der Waals surface area contributed by atoms with E-state index in [1.807, 2.05) is 31.7 Å². The van der Waals surface area contributed by atoms with Crippen LogP contribution in [0.3, 0.4) is 0 Å². The number of nitrogens with two attached hydrogens (primary N) is 2. The molecule has 0 bridgehead atoms. The van der Waals surface area contributed by atoms with Crippen LogP contribution in [0.5, 0.6) is 0 Å². The van der Waals surface area contributed by atoms with Crippen LogP contribution in [-0.4, -0.2) is 52.8 Å². The number of unbranched alkanes of at least 4 members (excludes halogenated alkanes) is 1.